The summed E-state index contributed by atoms with van der Waals surface area (Å²) in [5.74, 6) is -0.652. The molecule has 0 amide bonds. The van der Waals surface area contributed by atoms with Crippen LogP contribution in [-0.4, -0.2) is 96.7 Å². The third-order valence-electron chi connectivity index (χ3n) is 16.3. The van der Waals surface area contributed by atoms with Gasteiger partial charge in [-0.25, -0.2) is 9.13 Å². The van der Waals surface area contributed by atoms with Gasteiger partial charge in [-0.15, -0.1) is 0 Å². The zero-order valence-corrected chi connectivity index (χ0v) is 59.0. The fraction of sp³-hybridized carbons (Fsp3) is 0.886. The molecule has 524 valence electrons. The average molecular weight is 1310 g/mol. The highest BCUT2D eigenvalue weighted by molar-refractivity contribution is 7.47. The lowest BCUT2D eigenvalue weighted by molar-refractivity contribution is -0.161. The second-order valence-electron chi connectivity index (χ2n) is 25.1. The van der Waals surface area contributed by atoms with Crippen LogP contribution in [0.3, 0.4) is 0 Å². The van der Waals surface area contributed by atoms with Crippen molar-refractivity contribution in [1.82, 2.24) is 0 Å². The number of unbranched alkanes of at least 4 members (excludes halogenated alkanes) is 32. The van der Waals surface area contributed by atoms with Gasteiger partial charge in [0.25, 0.3) is 0 Å². The van der Waals surface area contributed by atoms with Gasteiger partial charge in [-0.05, 0) is 63.2 Å². The minimum atomic E-state index is -4.96. The Labute approximate surface area is 542 Å². The van der Waals surface area contributed by atoms with E-state index in [-0.39, 0.29) is 25.7 Å². The number of phosphoric ester groups is 2. The molecule has 0 rings (SSSR count). The molecule has 0 aliphatic heterocycles. The van der Waals surface area contributed by atoms with Gasteiger partial charge >= 0.3 is 39.5 Å². The second kappa shape index (κ2) is 61.7. The highest BCUT2D eigenvalue weighted by Gasteiger charge is 2.30. The highest BCUT2D eigenvalue weighted by Crippen LogP contribution is 2.45. The molecule has 0 aliphatic rings. The number of carbonyl (C=O) groups excluding carboxylic acids is 4. The van der Waals surface area contributed by atoms with Gasteiger partial charge in [0.15, 0.2) is 12.2 Å². The second-order valence-corrected chi connectivity index (χ2v) is 28.0. The number of esters is 4. The predicted molar refractivity (Wildman–Crippen MR) is 358 cm³/mol. The minimum absolute atomic E-state index is 0.0843. The minimum Gasteiger partial charge on any atom is -0.462 e. The van der Waals surface area contributed by atoms with Crippen LogP contribution in [0.5, 0.6) is 0 Å². The molecule has 0 heterocycles. The van der Waals surface area contributed by atoms with Crippen LogP contribution >= 0.6 is 15.6 Å². The molecular weight excluding hydrogens is 1170 g/mol. The number of carbonyl (C=O) groups is 4. The molecule has 0 aromatic heterocycles. The number of hydrogen-bond acceptors (Lipinski definition) is 15. The van der Waals surface area contributed by atoms with Crippen molar-refractivity contribution in [1.29, 1.82) is 0 Å². The van der Waals surface area contributed by atoms with Crippen molar-refractivity contribution >= 4 is 39.5 Å². The Morgan fingerprint density at radius 2 is 0.629 bits per heavy atom. The zero-order chi connectivity index (χ0) is 65.7. The third-order valence-corrected chi connectivity index (χ3v) is 18.2. The average Bonchev–Trinajstić information content (AvgIpc) is 3.72. The van der Waals surface area contributed by atoms with Crippen LogP contribution in [0.2, 0.25) is 0 Å². The molecule has 7 atom stereocenters. The van der Waals surface area contributed by atoms with Crippen LogP contribution in [0.1, 0.15) is 330 Å². The molecule has 0 saturated heterocycles. The van der Waals surface area contributed by atoms with Crippen LogP contribution in [-0.2, 0) is 65.4 Å². The third kappa shape index (κ3) is 61.5. The quantitative estimate of drug-likeness (QED) is 0.0169. The summed E-state index contributed by atoms with van der Waals surface area (Å²) in [6, 6.07) is 0. The molecule has 0 radical (unpaired) electrons. The Bertz CT molecular complexity index is 1830. The number of ether oxygens (including phenoxy) is 4. The highest BCUT2D eigenvalue weighted by atomic mass is 31.2. The van der Waals surface area contributed by atoms with Crippen LogP contribution in [0, 0.1) is 11.8 Å². The maximum atomic E-state index is 13.0. The lowest BCUT2D eigenvalue weighted by Gasteiger charge is -2.21. The van der Waals surface area contributed by atoms with Crippen molar-refractivity contribution in [3.63, 3.8) is 0 Å². The largest absolute Gasteiger partial charge is 0.472 e. The fourth-order valence-corrected chi connectivity index (χ4v) is 11.6. The van der Waals surface area contributed by atoms with Gasteiger partial charge in [-0.3, -0.25) is 37.3 Å². The van der Waals surface area contributed by atoms with Crippen molar-refractivity contribution < 1.29 is 80.2 Å². The molecule has 0 aromatic rings. The lowest BCUT2D eigenvalue weighted by atomic mass is 9.99. The maximum Gasteiger partial charge on any atom is 0.472 e. The summed E-state index contributed by atoms with van der Waals surface area (Å²) < 4.78 is 68.2. The molecule has 3 N–H and O–H groups in total. The zero-order valence-electron chi connectivity index (χ0n) is 57.2. The first-order valence-electron chi connectivity index (χ1n) is 35.9. The molecule has 0 fully saturated rings. The molecule has 0 aromatic carbocycles. The van der Waals surface area contributed by atoms with Crippen molar-refractivity contribution in [3.8, 4) is 0 Å². The summed E-state index contributed by atoms with van der Waals surface area (Å²) in [5.41, 5.74) is 0. The Balaban J connectivity index is 5.30. The molecule has 0 saturated carbocycles. The standard InChI is InChI=1S/C70H132O17P2/c1-7-11-13-15-17-19-21-23-24-25-27-29-35-43-49-55-70(75)86-65(58-80-67(72)52-46-40-33-31-30-32-38-44-50-62(5)9-3)60-84-88(76,77)82-56-64(71)57-83-89(78,79)85-61-66(59-81-68(73)53-47-41-37-36-39-45-51-63(6)10-4)87-69(74)54-48-42-34-28-26-22-20-18-16-14-12-8-2/h19,21,23-24,62-66,71H,7-18,20,22,25-61H2,1-6H3,(H,76,77)(H,78,79)/b21-19-,24-23-/t62?,63?,64-,65-,66-/m1/s1. The van der Waals surface area contributed by atoms with Crippen molar-refractivity contribution in [3.05, 3.63) is 24.3 Å². The summed E-state index contributed by atoms with van der Waals surface area (Å²) in [6.07, 6.45) is 49.3. The van der Waals surface area contributed by atoms with Gasteiger partial charge in [-0.1, -0.05) is 278 Å². The van der Waals surface area contributed by atoms with E-state index >= 15 is 0 Å². The topological polar surface area (TPSA) is 237 Å². The van der Waals surface area contributed by atoms with Crippen molar-refractivity contribution in [2.45, 2.75) is 349 Å². The smallest absolute Gasteiger partial charge is 0.462 e. The van der Waals surface area contributed by atoms with E-state index in [9.17, 15) is 43.2 Å². The fourth-order valence-electron chi connectivity index (χ4n) is 9.99. The number of aliphatic hydroxyl groups is 1. The van der Waals surface area contributed by atoms with Gasteiger partial charge in [0.2, 0.25) is 0 Å². The van der Waals surface area contributed by atoms with Gasteiger partial charge in [0, 0.05) is 25.7 Å². The first kappa shape index (κ1) is 86.5. The number of hydrogen-bond donors (Lipinski definition) is 3. The monoisotopic (exact) mass is 1310 g/mol. The SMILES string of the molecule is CCCCCC/C=C\C=C/CCCCCCCC(=O)O[C@H](COC(=O)CCCCCCCCCCC(C)CC)COP(=O)(O)OC[C@@H](O)COP(=O)(O)OC[C@@H](COC(=O)CCCCCCCCC(C)CC)OC(=O)CCCCCCCCCCCCCC. The van der Waals surface area contributed by atoms with Crippen LogP contribution in [0.4, 0.5) is 0 Å². The van der Waals surface area contributed by atoms with E-state index in [1.165, 1.54) is 128 Å². The Hall–Kier alpha value is -2.46. The first-order chi connectivity index (χ1) is 42.9. The molecule has 4 unspecified atom stereocenters. The normalized spacial score (nSPS) is 14.9. The number of aliphatic hydroxyl groups excluding tert-OH is 1. The van der Waals surface area contributed by atoms with Crippen LogP contribution in [0.15, 0.2) is 24.3 Å². The molecule has 0 bridgehead atoms. The molecule has 17 nitrogen and oxygen atoms in total. The number of phosphoric acid groups is 2. The van der Waals surface area contributed by atoms with E-state index in [2.05, 4.69) is 65.8 Å². The Morgan fingerprint density at radius 1 is 0.360 bits per heavy atom. The summed E-state index contributed by atoms with van der Waals surface area (Å²) >= 11 is 0. The van der Waals surface area contributed by atoms with E-state index in [1.807, 2.05) is 0 Å². The molecule has 19 heteroatoms. The van der Waals surface area contributed by atoms with Crippen molar-refractivity contribution in [2.24, 2.45) is 11.8 Å². The van der Waals surface area contributed by atoms with Crippen LogP contribution in [0.25, 0.3) is 0 Å². The Kier molecular flexibility index (Phi) is 60.0. The van der Waals surface area contributed by atoms with Crippen molar-refractivity contribution in [2.75, 3.05) is 39.6 Å². The summed E-state index contributed by atoms with van der Waals surface area (Å²) in [6.45, 7) is 9.44. The molecule has 0 aliphatic carbocycles. The van der Waals surface area contributed by atoms with E-state index in [1.54, 1.807) is 0 Å². The van der Waals surface area contributed by atoms with E-state index in [4.69, 9.17) is 37.0 Å². The lowest BCUT2D eigenvalue weighted by Crippen LogP contribution is -2.30. The number of rotatable bonds is 67. The Morgan fingerprint density at radius 3 is 0.955 bits per heavy atom. The van der Waals surface area contributed by atoms with Gasteiger partial charge in [-0.2, -0.15) is 0 Å². The molecular formula is C70H132O17P2. The van der Waals surface area contributed by atoms with Gasteiger partial charge in [0.05, 0.1) is 26.4 Å². The number of allylic oxidation sites excluding steroid dienone is 4. The first-order valence-corrected chi connectivity index (χ1v) is 38.9. The predicted octanol–water partition coefficient (Wildman–Crippen LogP) is 19.5. The maximum absolute atomic E-state index is 13.0. The molecule has 0 spiro atoms. The van der Waals surface area contributed by atoms with Gasteiger partial charge in [0.1, 0.15) is 19.3 Å². The summed E-state index contributed by atoms with van der Waals surface area (Å²) in [7, 11) is -9.91. The summed E-state index contributed by atoms with van der Waals surface area (Å²) in [5, 5.41) is 10.6. The summed E-state index contributed by atoms with van der Waals surface area (Å²) in [4.78, 5) is 72.5. The van der Waals surface area contributed by atoms with Gasteiger partial charge < -0.3 is 33.8 Å². The van der Waals surface area contributed by atoms with E-state index in [0.717, 1.165) is 121 Å². The van der Waals surface area contributed by atoms with E-state index < -0.39 is 97.5 Å². The van der Waals surface area contributed by atoms with Crippen LogP contribution < -0.4 is 0 Å². The molecule has 89 heavy (non-hydrogen) atoms. The van der Waals surface area contributed by atoms with E-state index in [0.29, 0.717) is 25.7 Å².